The Morgan fingerprint density at radius 1 is 0.946 bits per heavy atom. The highest BCUT2D eigenvalue weighted by molar-refractivity contribution is 7.21. The van der Waals surface area contributed by atoms with E-state index < -0.39 is 17.8 Å². The Balaban J connectivity index is 1.68. The van der Waals surface area contributed by atoms with Gasteiger partial charge in [-0.15, -0.1) is 22.7 Å². The van der Waals surface area contributed by atoms with Crippen molar-refractivity contribution in [3.05, 3.63) is 57.3 Å². The molecule has 0 bridgehead atoms. The molecule has 0 radical (unpaired) electrons. The van der Waals surface area contributed by atoms with Crippen LogP contribution in [0.15, 0.2) is 36.4 Å². The lowest BCUT2D eigenvalue weighted by Gasteiger charge is -2.06. The Bertz CT molecular complexity index is 1490. The van der Waals surface area contributed by atoms with Gasteiger partial charge in [0.1, 0.15) is 25.3 Å². The minimum absolute atomic E-state index is 0.114. The maximum absolute atomic E-state index is 13.3. The van der Waals surface area contributed by atoms with Crippen molar-refractivity contribution in [2.75, 3.05) is 31.4 Å². The van der Waals surface area contributed by atoms with Crippen LogP contribution in [0.1, 0.15) is 49.1 Å². The van der Waals surface area contributed by atoms with Gasteiger partial charge in [0, 0.05) is 10.9 Å². The molecule has 0 spiro atoms. The van der Waals surface area contributed by atoms with Crippen molar-refractivity contribution in [3.8, 4) is 17.0 Å². The molecule has 0 saturated carbocycles. The largest absolute Gasteiger partial charge is 0.497 e. The number of nitrogens with zero attached hydrogens (tertiary/aromatic N) is 1. The molecular weight excluding hydrogens is 514 g/mol. The standard InChI is InChI=1S/C26H25N3O6S2/c1-5-34-25(31)18-13(3)20(26(32)35-6-2)36-24(18)29-22(30)21-19(27)16-11-12-17(28-23(16)37-21)14-7-9-15(33-4)10-8-14/h7-12H,5-6,27H2,1-4H3,(H,29,30). The number of methoxy groups -OCH3 is 1. The zero-order valence-corrected chi connectivity index (χ0v) is 22.3. The molecule has 0 fully saturated rings. The summed E-state index contributed by atoms with van der Waals surface area (Å²) in [5.74, 6) is -1.00. The number of thiophene rings is 2. The van der Waals surface area contributed by atoms with Crippen LogP contribution in [0.2, 0.25) is 0 Å². The van der Waals surface area contributed by atoms with Gasteiger partial charge in [0.25, 0.3) is 5.91 Å². The second-order valence-corrected chi connectivity index (χ2v) is 9.80. The minimum atomic E-state index is -0.641. The lowest BCUT2D eigenvalue weighted by molar-refractivity contribution is 0.0527. The predicted molar refractivity (Wildman–Crippen MR) is 145 cm³/mol. The molecule has 4 aromatic rings. The van der Waals surface area contributed by atoms with E-state index >= 15 is 0 Å². The first-order chi connectivity index (χ1) is 17.8. The maximum Gasteiger partial charge on any atom is 0.348 e. The molecular formula is C26H25N3O6S2. The SMILES string of the molecule is CCOC(=O)c1sc(NC(=O)c2sc3nc(-c4ccc(OC)cc4)ccc3c2N)c(C(=O)OCC)c1C. The number of rotatable bonds is 8. The highest BCUT2D eigenvalue weighted by Crippen LogP contribution is 2.38. The van der Waals surface area contributed by atoms with Crippen molar-refractivity contribution in [2.24, 2.45) is 0 Å². The van der Waals surface area contributed by atoms with Gasteiger partial charge in [0.15, 0.2) is 0 Å². The van der Waals surface area contributed by atoms with E-state index in [-0.39, 0.29) is 39.2 Å². The number of hydrogen-bond acceptors (Lipinski definition) is 10. The number of pyridine rings is 1. The Morgan fingerprint density at radius 2 is 1.62 bits per heavy atom. The molecule has 0 aliphatic heterocycles. The van der Waals surface area contributed by atoms with E-state index in [0.717, 1.165) is 39.7 Å². The fraction of sp³-hybridized carbons (Fsp3) is 0.231. The number of nitrogens with two attached hydrogens (primary N) is 1. The minimum Gasteiger partial charge on any atom is -0.497 e. The quantitative estimate of drug-likeness (QED) is 0.280. The third-order valence-corrected chi connectivity index (χ3v) is 7.80. The summed E-state index contributed by atoms with van der Waals surface area (Å²) in [4.78, 5) is 44.1. The Labute approximate surface area is 221 Å². The van der Waals surface area contributed by atoms with Crippen molar-refractivity contribution >= 4 is 61.4 Å². The molecule has 1 amide bonds. The van der Waals surface area contributed by atoms with E-state index in [0.29, 0.717) is 15.8 Å². The average Bonchev–Trinajstić information content (AvgIpc) is 3.40. The molecule has 0 atom stereocenters. The summed E-state index contributed by atoms with van der Waals surface area (Å²) in [5, 5.41) is 3.58. The first-order valence-electron chi connectivity index (χ1n) is 11.4. The second-order valence-electron chi connectivity index (χ2n) is 7.78. The highest BCUT2D eigenvalue weighted by atomic mass is 32.1. The molecule has 0 aliphatic rings. The maximum atomic E-state index is 13.3. The summed E-state index contributed by atoms with van der Waals surface area (Å²) in [5.41, 5.74) is 8.71. The number of esters is 2. The zero-order chi connectivity index (χ0) is 26.7. The van der Waals surface area contributed by atoms with Gasteiger partial charge in [-0.25, -0.2) is 14.6 Å². The second kappa shape index (κ2) is 11.0. The Morgan fingerprint density at radius 3 is 2.27 bits per heavy atom. The summed E-state index contributed by atoms with van der Waals surface area (Å²) in [6, 6.07) is 11.1. The summed E-state index contributed by atoms with van der Waals surface area (Å²) in [6.07, 6.45) is 0. The molecule has 3 aromatic heterocycles. The first-order valence-corrected chi connectivity index (χ1v) is 13.0. The molecule has 0 saturated heterocycles. The van der Waals surface area contributed by atoms with E-state index in [2.05, 4.69) is 10.3 Å². The number of benzene rings is 1. The number of hydrogen-bond donors (Lipinski definition) is 2. The molecule has 3 heterocycles. The summed E-state index contributed by atoms with van der Waals surface area (Å²) in [6.45, 7) is 5.30. The smallest absolute Gasteiger partial charge is 0.348 e. The predicted octanol–water partition coefficient (Wildman–Crippen LogP) is 5.53. The van der Waals surface area contributed by atoms with E-state index in [1.807, 2.05) is 36.4 Å². The number of nitrogen functional groups attached to an aromatic ring is 1. The molecule has 3 N–H and O–H groups in total. The van der Waals surface area contributed by atoms with E-state index in [4.69, 9.17) is 19.9 Å². The van der Waals surface area contributed by atoms with Crippen LogP contribution in [0, 0.1) is 6.92 Å². The fourth-order valence-electron chi connectivity index (χ4n) is 3.69. The summed E-state index contributed by atoms with van der Waals surface area (Å²) >= 11 is 2.10. The number of aromatic nitrogens is 1. The summed E-state index contributed by atoms with van der Waals surface area (Å²) < 4.78 is 15.5. The van der Waals surface area contributed by atoms with Crippen molar-refractivity contribution in [1.29, 1.82) is 0 Å². The van der Waals surface area contributed by atoms with Crippen LogP contribution in [0.5, 0.6) is 5.75 Å². The molecule has 1 aromatic carbocycles. The number of carbonyl (C=O) groups excluding carboxylic acids is 3. The number of anilines is 2. The van der Waals surface area contributed by atoms with Gasteiger partial charge < -0.3 is 25.3 Å². The van der Waals surface area contributed by atoms with Crippen molar-refractivity contribution in [2.45, 2.75) is 20.8 Å². The number of carbonyl (C=O) groups is 3. The van der Waals surface area contributed by atoms with E-state index in [9.17, 15) is 14.4 Å². The molecule has 192 valence electrons. The van der Waals surface area contributed by atoms with Crippen molar-refractivity contribution in [3.63, 3.8) is 0 Å². The molecule has 9 nitrogen and oxygen atoms in total. The van der Waals surface area contributed by atoms with Crippen LogP contribution in [-0.4, -0.2) is 43.2 Å². The number of ether oxygens (including phenoxy) is 3. The van der Waals surface area contributed by atoms with Crippen molar-refractivity contribution in [1.82, 2.24) is 4.98 Å². The van der Waals surface area contributed by atoms with Crippen molar-refractivity contribution < 1.29 is 28.6 Å². The van der Waals surface area contributed by atoms with Crippen LogP contribution < -0.4 is 15.8 Å². The van der Waals surface area contributed by atoms with Gasteiger partial charge in [-0.2, -0.15) is 0 Å². The lowest BCUT2D eigenvalue weighted by atomic mass is 10.1. The third kappa shape index (κ3) is 5.13. The lowest BCUT2D eigenvalue weighted by Crippen LogP contribution is -2.15. The van der Waals surface area contributed by atoms with E-state index in [1.54, 1.807) is 27.9 Å². The molecule has 4 rings (SSSR count). The Kier molecular flexibility index (Phi) is 7.74. The fourth-order valence-corrected chi connectivity index (χ4v) is 5.76. The first kappa shape index (κ1) is 26.1. The van der Waals surface area contributed by atoms with Crippen LogP contribution in [0.25, 0.3) is 21.5 Å². The van der Waals surface area contributed by atoms with Crippen LogP contribution in [0.4, 0.5) is 10.7 Å². The Hall–Kier alpha value is -3.96. The normalized spacial score (nSPS) is 10.8. The third-order valence-electron chi connectivity index (χ3n) is 5.50. The van der Waals surface area contributed by atoms with Crippen LogP contribution >= 0.6 is 22.7 Å². The monoisotopic (exact) mass is 539 g/mol. The van der Waals surface area contributed by atoms with Gasteiger partial charge in [-0.1, -0.05) is 0 Å². The molecule has 11 heteroatoms. The molecule has 0 aliphatic carbocycles. The van der Waals surface area contributed by atoms with Gasteiger partial charge in [-0.3, -0.25) is 4.79 Å². The topological polar surface area (TPSA) is 130 Å². The molecule has 0 unspecified atom stereocenters. The van der Waals surface area contributed by atoms with Crippen LogP contribution in [-0.2, 0) is 9.47 Å². The average molecular weight is 540 g/mol. The van der Waals surface area contributed by atoms with Gasteiger partial charge in [0.2, 0.25) is 0 Å². The number of nitrogens with one attached hydrogen (secondary N) is 1. The summed E-state index contributed by atoms with van der Waals surface area (Å²) in [7, 11) is 1.60. The highest BCUT2D eigenvalue weighted by Gasteiger charge is 2.28. The molecule has 37 heavy (non-hydrogen) atoms. The van der Waals surface area contributed by atoms with Gasteiger partial charge in [-0.05, 0) is 62.7 Å². The number of amides is 1. The van der Waals surface area contributed by atoms with Gasteiger partial charge >= 0.3 is 11.9 Å². The van der Waals surface area contributed by atoms with Gasteiger partial charge in [0.05, 0.1) is 37.3 Å². The number of fused-ring (bicyclic) bond motifs is 1. The zero-order valence-electron chi connectivity index (χ0n) is 20.7. The van der Waals surface area contributed by atoms with E-state index in [1.165, 1.54) is 0 Å². The van der Waals surface area contributed by atoms with Crippen LogP contribution in [0.3, 0.4) is 0 Å².